The molecule has 5 atom stereocenters. The smallest absolute Gasteiger partial charge is 0.305 e. The maximum absolute atomic E-state index is 10.9. The summed E-state index contributed by atoms with van der Waals surface area (Å²) in [5, 5.41) is 38.2. The van der Waals surface area contributed by atoms with Crippen LogP contribution in [0.25, 0.3) is 0 Å². The van der Waals surface area contributed by atoms with Crippen LogP contribution in [-0.4, -0.2) is 77.4 Å². The molecule has 8 nitrogen and oxygen atoms in total. The number of unbranched alkanes of at least 4 members (excludes halogenated alkanes) is 5. The number of ether oxygens (including phenoxy) is 3. The predicted octanol–water partition coefficient (Wildman–Crippen LogP) is -0.293. The molecule has 24 heavy (non-hydrogen) atoms. The third-order valence-electron chi connectivity index (χ3n) is 4.13. The van der Waals surface area contributed by atoms with Gasteiger partial charge in [-0.1, -0.05) is 25.7 Å². The van der Waals surface area contributed by atoms with Gasteiger partial charge in [-0.15, -0.1) is 0 Å². The lowest BCUT2D eigenvalue weighted by molar-refractivity contribution is -0.301. The van der Waals surface area contributed by atoms with Crippen LogP contribution < -0.4 is 0 Å². The highest BCUT2D eigenvalue weighted by Gasteiger charge is 2.43. The second-order valence-electron chi connectivity index (χ2n) is 6.02. The zero-order chi connectivity index (χ0) is 17.9. The highest BCUT2D eigenvalue weighted by molar-refractivity contribution is 5.68. The molecule has 1 fully saturated rings. The summed E-state index contributed by atoms with van der Waals surface area (Å²) in [6, 6.07) is 0. The van der Waals surface area contributed by atoms with Gasteiger partial charge in [-0.2, -0.15) is 0 Å². The molecule has 8 heteroatoms. The third-order valence-corrected chi connectivity index (χ3v) is 4.13. The Morgan fingerprint density at radius 2 is 1.58 bits per heavy atom. The Morgan fingerprint density at radius 1 is 0.958 bits per heavy atom. The molecule has 142 valence electrons. The Balaban J connectivity index is 2.07. The number of carbonyl (C=O) groups is 1. The fourth-order valence-electron chi connectivity index (χ4n) is 2.59. The van der Waals surface area contributed by atoms with Gasteiger partial charge in [-0.25, -0.2) is 0 Å². The van der Waals surface area contributed by atoms with Gasteiger partial charge >= 0.3 is 5.97 Å². The zero-order valence-electron chi connectivity index (χ0n) is 14.2. The molecule has 1 aliphatic rings. The van der Waals surface area contributed by atoms with Crippen molar-refractivity contribution in [1.82, 2.24) is 0 Å². The van der Waals surface area contributed by atoms with Crippen LogP contribution in [0.1, 0.15) is 44.9 Å². The highest BCUT2D eigenvalue weighted by atomic mass is 16.7. The summed E-state index contributed by atoms with van der Waals surface area (Å²) in [6.07, 6.45) is -0.110. The van der Waals surface area contributed by atoms with E-state index in [1.165, 1.54) is 7.11 Å². The van der Waals surface area contributed by atoms with E-state index < -0.39 is 37.3 Å². The van der Waals surface area contributed by atoms with E-state index in [1.54, 1.807) is 0 Å². The van der Waals surface area contributed by atoms with Gasteiger partial charge in [0.15, 0.2) is 6.29 Å². The number of aliphatic hydroxyl groups is 4. The molecule has 1 aliphatic heterocycles. The summed E-state index contributed by atoms with van der Waals surface area (Å²) in [4.78, 5) is 10.9. The molecule has 1 rings (SSSR count). The third kappa shape index (κ3) is 7.00. The van der Waals surface area contributed by atoms with E-state index in [9.17, 15) is 20.1 Å². The van der Waals surface area contributed by atoms with Crippen LogP contribution in [0.15, 0.2) is 0 Å². The van der Waals surface area contributed by atoms with Crippen molar-refractivity contribution in [3.63, 3.8) is 0 Å². The average molecular weight is 350 g/mol. The Kier molecular flexibility index (Phi) is 10.4. The molecule has 0 aromatic heterocycles. The van der Waals surface area contributed by atoms with Crippen LogP contribution in [0.2, 0.25) is 0 Å². The van der Waals surface area contributed by atoms with E-state index in [-0.39, 0.29) is 5.97 Å². The Bertz CT molecular complexity index is 349. The van der Waals surface area contributed by atoms with Crippen molar-refractivity contribution in [2.75, 3.05) is 20.3 Å². The fraction of sp³-hybridized carbons (Fsp3) is 0.938. The van der Waals surface area contributed by atoms with E-state index in [1.807, 2.05) is 0 Å². The van der Waals surface area contributed by atoms with Gasteiger partial charge < -0.3 is 34.6 Å². The van der Waals surface area contributed by atoms with Gasteiger partial charge in [0.2, 0.25) is 0 Å². The van der Waals surface area contributed by atoms with E-state index >= 15 is 0 Å². The van der Waals surface area contributed by atoms with Crippen LogP contribution >= 0.6 is 0 Å². The van der Waals surface area contributed by atoms with Crippen molar-refractivity contribution in [2.24, 2.45) is 0 Å². The first-order chi connectivity index (χ1) is 11.5. The van der Waals surface area contributed by atoms with Gasteiger partial charge in [0.1, 0.15) is 24.4 Å². The maximum Gasteiger partial charge on any atom is 0.305 e. The van der Waals surface area contributed by atoms with Gasteiger partial charge in [0.25, 0.3) is 0 Å². The molecule has 4 N–H and O–H groups in total. The number of esters is 1. The number of carbonyl (C=O) groups excluding carboxylic acids is 1. The predicted molar refractivity (Wildman–Crippen MR) is 84.1 cm³/mol. The minimum Gasteiger partial charge on any atom is -0.469 e. The van der Waals surface area contributed by atoms with Crippen molar-refractivity contribution in [3.05, 3.63) is 0 Å². The second-order valence-corrected chi connectivity index (χ2v) is 6.02. The molecule has 0 amide bonds. The lowest BCUT2D eigenvalue weighted by atomic mass is 9.99. The van der Waals surface area contributed by atoms with Crippen molar-refractivity contribution in [3.8, 4) is 0 Å². The molecule has 0 saturated carbocycles. The Morgan fingerprint density at radius 3 is 2.21 bits per heavy atom. The lowest BCUT2D eigenvalue weighted by Crippen LogP contribution is -2.59. The molecular formula is C16H30O8. The van der Waals surface area contributed by atoms with E-state index in [0.29, 0.717) is 13.0 Å². The first-order valence-corrected chi connectivity index (χ1v) is 8.50. The monoisotopic (exact) mass is 350 g/mol. The van der Waals surface area contributed by atoms with Crippen molar-refractivity contribution >= 4 is 5.97 Å². The number of rotatable bonds is 11. The summed E-state index contributed by atoms with van der Waals surface area (Å²) in [5.74, 6) is -0.178. The molecule has 0 radical (unpaired) electrons. The van der Waals surface area contributed by atoms with E-state index in [4.69, 9.17) is 14.6 Å². The molecule has 0 aromatic carbocycles. The van der Waals surface area contributed by atoms with Gasteiger partial charge in [0, 0.05) is 13.0 Å². The van der Waals surface area contributed by atoms with Gasteiger partial charge in [0.05, 0.1) is 13.7 Å². The van der Waals surface area contributed by atoms with Crippen molar-refractivity contribution in [1.29, 1.82) is 0 Å². The normalized spacial score (nSPS) is 30.3. The van der Waals surface area contributed by atoms with Gasteiger partial charge in [-0.05, 0) is 12.8 Å². The number of hydrogen-bond donors (Lipinski definition) is 4. The van der Waals surface area contributed by atoms with Crippen LogP contribution in [0.3, 0.4) is 0 Å². The van der Waals surface area contributed by atoms with Crippen LogP contribution in [-0.2, 0) is 19.0 Å². The van der Waals surface area contributed by atoms with Crippen molar-refractivity contribution in [2.45, 2.75) is 75.7 Å². The Hall–Kier alpha value is -0.770. The molecule has 1 saturated heterocycles. The van der Waals surface area contributed by atoms with Crippen LogP contribution in [0.4, 0.5) is 0 Å². The average Bonchev–Trinajstić information content (AvgIpc) is 2.59. The van der Waals surface area contributed by atoms with Crippen molar-refractivity contribution < 1.29 is 39.4 Å². The quantitative estimate of drug-likeness (QED) is 0.296. The topological polar surface area (TPSA) is 126 Å². The number of aliphatic hydroxyl groups excluding tert-OH is 4. The van der Waals surface area contributed by atoms with Crippen LogP contribution in [0.5, 0.6) is 0 Å². The molecule has 0 aliphatic carbocycles. The SMILES string of the molecule is COC(=O)CCCCCCCCO[C@H]1OC(CO)[C@@H](O)[C@H](O)C1O. The summed E-state index contributed by atoms with van der Waals surface area (Å²) >= 11 is 0. The molecular weight excluding hydrogens is 320 g/mol. The molecule has 0 spiro atoms. The first kappa shape index (κ1) is 21.3. The fourth-order valence-corrected chi connectivity index (χ4v) is 2.59. The lowest BCUT2D eigenvalue weighted by Gasteiger charge is -2.39. The minimum atomic E-state index is -1.41. The Labute approximate surface area is 142 Å². The van der Waals surface area contributed by atoms with E-state index in [2.05, 4.69) is 4.74 Å². The number of hydrogen-bond acceptors (Lipinski definition) is 8. The summed E-state index contributed by atoms with van der Waals surface area (Å²) in [6.45, 7) is -0.110. The molecule has 1 heterocycles. The van der Waals surface area contributed by atoms with E-state index in [0.717, 1.165) is 38.5 Å². The summed E-state index contributed by atoms with van der Waals surface area (Å²) in [7, 11) is 1.39. The molecule has 2 unspecified atom stereocenters. The summed E-state index contributed by atoms with van der Waals surface area (Å²) < 4.78 is 15.2. The standard InChI is InChI=1S/C16H30O8/c1-22-12(18)8-6-4-2-3-5-7-9-23-16-15(21)14(20)13(19)11(10-17)24-16/h11,13-17,19-21H,2-10H2,1H3/t11?,13-,14+,15?,16+/m1/s1. The second kappa shape index (κ2) is 11.7. The first-order valence-electron chi connectivity index (χ1n) is 8.50. The van der Waals surface area contributed by atoms with Crippen LogP contribution in [0, 0.1) is 0 Å². The highest BCUT2D eigenvalue weighted by Crippen LogP contribution is 2.22. The largest absolute Gasteiger partial charge is 0.469 e. The van der Waals surface area contributed by atoms with Gasteiger partial charge in [-0.3, -0.25) is 4.79 Å². The zero-order valence-corrected chi connectivity index (χ0v) is 14.2. The number of methoxy groups -OCH3 is 1. The maximum atomic E-state index is 10.9. The minimum absolute atomic E-state index is 0.178. The summed E-state index contributed by atoms with van der Waals surface area (Å²) in [5.41, 5.74) is 0. The molecule has 0 bridgehead atoms. The molecule has 0 aromatic rings.